The Morgan fingerprint density at radius 1 is 0.867 bits per heavy atom. The lowest BCUT2D eigenvalue weighted by Crippen LogP contribution is -2.45. The van der Waals surface area contributed by atoms with Gasteiger partial charge in [0.1, 0.15) is 0 Å². The summed E-state index contributed by atoms with van der Waals surface area (Å²) in [6.45, 7) is 7.31. The van der Waals surface area contributed by atoms with Crippen molar-refractivity contribution in [2.75, 3.05) is 13.2 Å². The van der Waals surface area contributed by atoms with Gasteiger partial charge in [0.25, 0.3) is 0 Å². The van der Waals surface area contributed by atoms with Crippen molar-refractivity contribution in [3.8, 4) is 0 Å². The Hall–Kier alpha value is -0.120. The van der Waals surface area contributed by atoms with E-state index in [-0.39, 0.29) is 0 Å². The third-order valence-electron chi connectivity index (χ3n) is 2.41. The number of nitrogens with two attached hydrogens (primary N) is 1. The molecule has 0 spiro atoms. The van der Waals surface area contributed by atoms with Crippen LogP contribution in [0.4, 0.5) is 0 Å². The lowest BCUT2D eigenvalue weighted by atomic mass is 10.1. The molecule has 0 amide bonds. The molecule has 0 saturated heterocycles. The van der Waals surface area contributed by atoms with Crippen LogP contribution in [0.15, 0.2) is 0 Å². The predicted molar refractivity (Wildman–Crippen MR) is 63.5 cm³/mol. The smallest absolute Gasteiger partial charge is 0.224 e. The van der Waals surface area contributed by atoms with Crippen LogP contribution in [0.5, 0.6) is 0 Å². The number of hydrogen-bond donors (Lipinski definition) is 1. The van der Waals surface area contributed by atoms with Crippen molar-refractivity contribution in [2.45, 2.75) is 65.2 Å². The molecule has 92 valence electrons. The zero-order valence-electron chi connectivity index (χ0n) is 10.6. The fraction of sp³-hybridized carbons (Fsp3) is 1.00. The average molecular weight is 217 g/mol. The molecular formula is C12H27NO2. The minimum atomic E-state index is -0.851. The molecule has 0 aromatic rings. The summed E-state index contributed by atoms with van der Waals surface area (Å²) in [6, 6.07) is 0. The molecule has 15 heavy (non-hydrogen) atoms. The van der Waals surface area contributed by atoms with E-state index >= 15 is 0 Å². The predicted octanol–water partition coefficient (Wildman–Crippen LogP) is 3.03. The topological polar surface area (TPSA) is 44.5 Å². The molecule has 3 heteroatoms. The van der Waals surface area contributed by atoms with Crippen molar-refractivity contribution in [1.82, 2.24) is 0 Å². The molecule has 0 unspecified atom stereocenters. The molecule has 0 saturated carbocycles. The summed E-state index contributed by atoms with van der Waals surface area (Å²) >= 11 is 0. The number of rotatable bonds is 10. The highest BCUT2D eigenvalue weighted by Crippen LogP contribution is 2.16. The first-order valence-corrected chi connectivity index (χ1v) is 6.25. The summed E-state index contributed by atoms with van der Waals surface area (Å²) in [7, 11) is 0. The molecule has 3 nitrogen and oxygen atoms in total. The van der Waals surface area contributed by atoms with E-state index in [0.29, 0.717) is 13.2 Å². The molecule has 0 bridgehead atoms. The molecule has 0 fully saturated rings. The van der Waals surface area contributed by atoms with E-state index in [9.17, 15) is 0 Å². The van der Waals surface area contributed by atoms with E-state index in [1.807, 2.05) is 13.8 Å². The summed E-state index contributed by atoms with van der Waals surface area (Å²) in [6.07, 6.45) is 6.94. The Morgan fingerprint density at radius 3 is 1.87 bits per heavy atom. The summed E-state index contributed by atoms with van der Waals surface area (Å²) in [5, 5.41) is 0. The fourth-order valence-corrected chi connectivity index (χ4v) is 1.65. The SMILES string of the molecule is CCCCCCCC(N)(OCC)OCC. The molecule has 0 aromatic carbocycles. The summed E-state index contributed by atoms with van der Waals surface area (Å²) < 4.78 is 10.9. The van der Waals surface area contributed by atoms with Gasteiger partial charge in [0.2, 0.25) is 5.91 Å². The van der Waals surface area contributed by atoms with Crippen LogP contribution in [-0.4, -0.2) is 19.1 Å². The van der Waals surface area contributed by atoms with Crippen LogP contribution in [0.25, 0.3) is 0 Å². The van der Waals surface area contributed by atoms with E-state index in [4.69, 9.17) is 15.2 Å². The van der Waals surface area contributed by atoms with Crippen molar-refractivity contribution >= 4 is 0 Å². The van der Waals surface area contributed by atoms with E-state index < -0.39 is 5.91 Å². The third-order valence-corrected chi connectivity index (χ3v) is 2.41. The highest BCUT2D eigenvalue weighted by molar-refractivity contribution is 4.61. The van der Waals surface area contributed by atoms with Crippen molar-refractivity contribution in [3.63, 3.8) is 0 Å². The van der Waals surface area contributed by atoms with Gasteiger partial charge in [0, 0.05) is 19.6 Å². The molecule has 0 aliphatic rings. The van der Waals surface area contributed by atoms with Crippen molar-refractivity contribution in [3.05, 3.63) is 0 Å². The lowest BCUT2D eigenvalue weighted by molar-refractivity contribution is -0.233. The van der Waals surface area contributed by atoms with Gasteiger partial charge in [-0.25, -0.2) is 0 Å². The van der Waals surface area contributed by atoms with Crippen LogP contribution >= 0.6 is 0 Å². The Bertz CT molecular complexity index is 134. The zero-order valence-corrected chi connectivity index (χ0v) is 10.6. The standard InChI is InChI=1S/C12H27NO2/c1-4-7-8-9-10-11-12(13,14-5-2)15-6-3/h4-11,13H2,1-3H3. The minimum Gasteiger partial charge on any atom is -0.338 e. The minimum absolute atomic E-state index is 0.603. The second-order valence-electron chi connectivity index (χ2n) is 3.84. The van der Waals surface area contributed by atoms with Crippen LogP contribution in [0, 0.1) is 0 Å². The van der Waals surface area contributed by atoms with E-state index in [1.54, 1.807) is 0 Å². The van der Waals surface area contributed by atoms with E-state index in [1.165, 1.54) is 25.7 Å². The second-order valence-corrected chi connectivity index (χ2v) is 3.84. The average Bonchev–Trinajstić information content (AvgIpc) is 2.18. The first-order valence-electron chi connectivity index (χ1n) is 6.25. The Labute approximate surface area is 94.3 Å². The van der Waals surface area contributed by atoms with Crippen LogP contribution in [0.2, 0.25) is 0 Å². The van der Waals surface area contributed by atoms with E-state index in [0.717, 1.165) is 12.8 Å². The normalized spacial score (nSPS) is 12.0. The van der Waals surface area contributed by atoms with Gasteiger partial charge in [-0.05, 0) is 20.3 Å². The summed E-state index contributed by atoms with van der Waals surface area (Å²) in [4.78, 5) is 0. The molecule has 0 heterocycles. The van der Waals surface area contributed by atoms with E-state index in [2.05, 4.69) is 6.92 Å². The monoisotopic (exact) mass is 217 g/mol. The van der Waals surface area contributed by atoms with Gasteiger partial charge in [-0.2, -0.15) is 0 Å². The van der Waals surface area contributed by atoms with Gasteiger partial charge in [-0.1, -0.05) is 32.6 Å². The second kappa shape index (κ2) is 9.13. The number of ether oxygens (including phenoxy) is 2. The molecule has 0 atom stereocenters. The maximum Gasteiger partial charge on any atom is 0.224 e. The third kappa shape index (κ3) is 7.77. The maximum absolute atomic E-state index is 5.99. The molecule has 0 aromatic heterocycles. The van der Waals surface area contributed by atoms with Crippen molar-refractivity contribution < 1.29 is 9.47 Å². The van der Waals surface area contributed by atoms with Crippen LogP contribution < -0.4 is 5.73 Å². The number of hydrogen-bond acceptors (Lipinski definition) is 3. The largest absolute Gasteiger partial charge is 0.338 e. The molecule has 0 rings (SSSR count). The lowest BCUT2D eigenvalue weighted by Gasteiger charge is -2.28. The van der Waals surface area contributed by atoms with Gasteiger partial charge in [0.05, 0.1) is 0 Å². The van der Waals surface area contributed by atoms with Crippen LogP contribution in [0.1, 0.15) is 59.3 Å². The quantitative estimate of drug-likeness (QED) is 0.452. The molecule has 2 N–H and O–H groups in total. The highest BCUT2D eigenvalue weighted by atomic mass is 16.7. The summed E-state index contributed by atoms with van der Waals surface area (Å²) in [5.74, 6) is -0.851. The fourth-order valence-electron chi connectivity index (χ4n) is 1.65. The van der Waals surface area contributed by atoms with Gasteiger partial charge in [-0.15, -0.1) is 0 Å². The first-order chi connectivity index (χ1) is 7.18. The molecular weight excluding hydrogens is 190 g/mol. The van der Waals surface area contributed by atoms with Gasteiger partial charge in [0.15, 0.2) is 0 Å². The zero-order chi connectivity index (χ0) is 11.6. The molecule has 0 aliphatic carbocycles. The van der Waals surface area contributed by atoms with Crippen molar-refractivity contribution in [2.24, 2.45) is 5.73 Å². The first kappa shape index (κ1) is 14.9. The Balaban J connectivity index is 3.65. The van der Waals surface area contributed by atoms with Crippen LogP contribution in [-0.2, 0) is 9.47 Å². The van der Waals surface area contributed by atoms with Gasteiger partial charge in [-0.3, -0.25) is 5.73 Å². The molecule has 0 radical (unpaired) electrons. The number of unbranched alkanes of at least 4 members (excludes halogenated alkanes) is 4. The van der Waals surface area contributed by atoms with Crippen LogP contribution in [0.3, 0.4) is 0 Å². The summed E-state index contributed by atoms with van der Waals surface area (Å²) in [5.41, 5.74) is 5.99. The Morgan fingerprint density at radius 2 is 1.40 bits per heavy atom. The maximum atomic E-state index is 5.99. The molecule has 0 aliphatic heterocycles. The highest BCUT2D eigenvalue weighted by Gasteiger charge is 2.24. The van der Waals surface area contributed by atoms with Gasteiger partial charge < -0.3 is 9.47 Å². The Kier molecular flexibility index (Phi) is 9.06. The van der Waals surface area contributed by atoms with Gasteiger partial charge >= 0.3 is 0 Å². The van der Waals surface area contributed by atoms with Crippen molar-refractivity contribution in [1.29, 1.82) is 0 Å².